The molecule has 1 aromatic carbocycles. The maximum absolute atomic E-state index is 12.2. The Balaban J connectivity index is 1.97. The summed E-state index contributed by atoms with van der Waals surface area (Å²) in [5, 5.41) is 1.63. The maximum Gasteiger partial charge on any atom is 0.210 e. The van der Waals surface area contributed by atoms with Gasteiger partial charge in [0.05, 0.1) is 5.25 Å². The smallest absolute Gasteiger partial charge is 0.210 e. The molecule has 1 atom stereocenters. The highest BCUT2D eigenvalue weighted by Crippen LogP contribution is 2.31. The first-order valence-corrected chi connectivity index (χ1v) is 7.01. The standard InChI is InChI=1S/C13H11ClO2S/c14-9-3-4-10-8(6-9)7-11(16-10)13(15)12-2-1-5-17-12/h3-4,6-7,12H,1-2,5H2. The summed E-state index contributed by atoms with van der Waals surface area (Å²) in [7, 11) is 0. The number of furan rings is 1. The summed E-state index contributed by atoms with van der Waals surface area (Å²) in [6, 6.07) is 7.18. The summed E-state index contributed by atoms with van der Waals surface area (Å²) in [5.74, 6) is 1.64. The molecule has 88 valence electrons. The number of carbonyl (C=O) groups excluding carboxylic acids is 1. The van der Waals surface area contributed by atoms with Gasteiger partial charge in [-0.25, -0.2) is 0 Å². The topological polar surface area (TPSA) is 30.2 Å². The van der Waals surface area contributed by atoms with Crippen molar-refractivity contribution < 1.29 is 9.21 Å². The molecule has 0 bridgehead atoms. The minimum atomic E-state index is 0.0750. The van der Waals surface area contributed by atoms with Crippen LogP contribution in [0.4, 0.5) is 0 Å². The van der Waals surface area contributed by atoms with Gasteiger partial charge in [0, 0.05) is 10.4 Å². The summed E-state index contributed by atoms with van der Waals surface area (Å²) in [4.78, 5) is 12.2. The first-order valence-electron chi connectivity index (χ1n) is 5.59. The zero-order valence-electron chi connectivity index (χ0n) is 9.11. The van der Waals surface area contributed by atoms with Crippen molar-refractivity contribution in [2.45, 2.75) is 18.1 Å². The SMILES string of the molecule is O=C(c1cc2cc(Cl)ccc2o1)C1CCCS1. The molecule has 1 aliphatic heterocycles. The Morgan fingerprint density at radius 2 is 2.29 bits per heavy atom. The number of hydrogen-bond acceptors (Lipinski definition) is 3. The van der Waals surface area contributed by atoms with Crippen molar-refractivity contribution in [3.05, 3.63) is 35.0 Å². The third-order valence-corrected chi connectivity index (χ3v) is 4.55. The van der Waals surface area contributed by atoms with Gasteiger partial charge in [0.15, 0.2) is 5.76 Å². The third kappa shape index (κ3) is 2.09. The van der Waals surface area contributed by atoms with E-state index in [4.69, 9.17) is 16.0 Å². The van der Waals surface area contributed by atoms with Crippen LogP contribution in [-0.2, 0) is 0 Å². The van der Waals surface area contributed by atoms with Crippen LogP contribution in [0.15, 0.2) is 28.7 Å². The van der Waals surface area contributed by atoms with E-state index in [1.54, 1.807) is 30.0 Å². The number of ketones is 1. The molecule has 1 fully saturated rings. The molecule has 2 aromatic rings. The molecule has 1 aliphatic rings. The summed E-state index contributed by atoms with van der Waals surface area (Å²) < 4.78 is 5.58. The van der Waals surface area contributed by atoms with Gasteiger partial charge in [0.2, 0.25) is 5.78 Å². The second-order valence-corrected chi connectivity index (χ2v) is 5.91. The monoisotopic (exact) mass is 266 g/mol. The van der Waals surface area contributed by atoms with E-state index in [2.05, 4.69) is 0 Å². The number of thioether (sulfide) groups is 1. The van der Waals surface area contributed by atoms with Gasteiger partial charge in [-0.1, -0.05) is 11.6 Å². The van der Waals surface area contributed by atoms with E-state index in [-0.39, 0.29) is 11.0 Å². The molecule has 2 nitrogen and oxygen atoms in total. The summed E-state index contributed by atoms with van der Waals surface area (Å²) in [6.07, 6.45) is 2.08. The average molecular weight is 267 g/mol. The number of hydrogen-bond donors (Lipinski definition) is 0. The minimum Gasteiger partial charge on any atom is -0.453 e. The first-order chi connectivity index (χ1) is 8.24. The second kappa shape index (κ2) is 4.39. The molecule has 1 saturated heterocycles. The molecule has 4 heteroatoms. The van der Waals surface area contributed by atoms with Crippen LogP contribution in [0.2, 0.25) is 5.02 Å². The van der Waals surface area contributed by atoms with Crippen molar-refractivity contribution in [1.29, 1.82) is 0 Å². The quantitative estimate of drug-likeness (QED) is 0.765. The number of benzene rings is 1. The lowest BCUT2D eigenvalue weighted by Gasteiger charge is -2.02. The Labute approximate surface area is 108 Å². The number of rotatable bonds is 2. The predicted molar refractivity (Wildman–Crippen MR) is 71.0 cm³/mol. The van der Waals surface area contributed by atoms with E-state index in [1.807, 2.05) is 6.07 Å². The Morgan fingerprint density at radius 3 is 3.06 bits per heavy atom. The van der Waals surface area contributed by atoms with Crippen molar-refractivity contribution in [1.82, 2.24) is 0 Å². The number of carbonyl (C=O) groups is 1. The molecule has 17 heavy (non-hydrogen) atoms. The molecule has 0 amide bonds. The van der Waals surface area contributed by atoms with Gasteiger partial charge >= 0.3 is 0 Å². The zero-order valence-corrected chi connectivity index (χ0v) is 10.7. The lowest BCUT2D eigenvalue weighted by molar-refractivity contribution is 0.0964. The van der Waals surface area contributed by atoms with E-state index in [1.165, 1.54) is 0 Å². The van der Waals surface area contributed by atoms with Crippen molar-refractivity contribution >= 4 is 40.1 Å². The Kier molecular flexibility index (Phi) is 2.89. The number of halogens is 1. The molecular formula is C13H11ClO2S. The van der Waals surface area contributed by atoms with E-state index in [9.17, 15) is 4.79 Å². The van der Waals surface area contributed by atoms with E-state index in [0.717, 1.165) is 29.6 Å². The van der Waals surface area contributed by atoms with Crippen molar-refractivity contribution in [3.63, 3.8) is 0 Å². The summed E-state index contributed by atoms with van der Waals surface area (Å²) in [5.41, 5.74) is 0.723. The molecule has 0 radical (unpaired) electrons. The zero-order chi connectivity index (χ0) is 11.8. The molecule has 2 heterocycles. The summed E-state index contributed by atoms with van der Waals surface area (Å²) >= 11 is 7.63. The van der Waals surface area contributed by atoms with Crippen LogP contribution in [0, 0.1) is 0 Å². The van der Waals surface area contributed by atoms with Crippen LogP contribution in [0.3, 0.4) is 0 Å². The molecule has 1 aromatic heterocycles. The normalized spacial score (nSPS) is 19.9. The number of fused-ring (bicyclic) bond motifs is 1. The molecule has 0 N–H and O–H groups in total. The van der Waals surface area contributed by atoms with E-state index < -0.39 is 0 Å². The van der Waals surface area contributed by atoms with Gasteiger partial charge in [-0.05, 0) is 42.9 Å². The summed E-state index contributed by atoms with van der Waals surface area (Å²) in [6.45, 7) is 0. The van der Waals surface area contributed by atoms with Crippen LogP contribution in [0.1, 0.15) is 23.4 Å². The van der Waals surface area contributed by atoms with Crippen LogP contribution in [-0.4, -0.2) is 16.8 Å². The average Bonchev–Trinajstić information content (AvgIpc) is 2.96. The molecule has 1 unspecified atom stereocenters. The predicted octanol–water partition coefficient (Wildman–Crippen LogP) is 4.16. The van der Waals surface area contributed by atoms with Crippen LogP contribution in [0.5, 0.6) is 0 Å². The highest BCUT2D eigenvalue weighted by molar-refractivity contribution is 8.00. The molecule has 0 aliphatic carbocycles. The third-order valence-electron chi connectivity index (χ3n) is 2.94. The molecule has 3 rings (SSSR count). The fraction of sp³-hybridized carbons (Fsp3) is 0.308. The second-order valence-electron chi connectivity index (χ2n) is 4.16. The van der Waals surface area contributed by atoms with Crippen LogP contribution in [0.25, 0.3) is 11.0 Å². The lowest BCUT2D eigenvalue weighted by atomic mass is 10.1. The highest BCUT2D eigenvalue weighted by atomic mass is 35.5. The highest BCUT2D eigenvalue weighted by Gasteiger charge is 2.26. The van der Waals surface area contributed by atoms with E-state index in [0.29, 0.717) is 10.8 Å². The lowest BCUT2D eigenvalue weighted by Crippen LogP contribution is -2.12. The Bertz CT molecular complexity index is 570. The number of Topliss-reactive ketones (excluding diaryl/α,β-unsaturated/α-hetero) is 1. The van der Waals surface area contributed by atoms with E-state index >= 15 is 0 Å². The molecule has 0 saturated carbocycles. The van der Waals surface area contributed by atoms with Crippen LogP contribution >= 0.6 is 23.4 Å². The van der Waals surface area contributed by atoms with Crippen molar-refractivity contribution in [2.24, 2.45) is 0 Å². The Morgan fingerprint density at radius 1 is 1.41 bits per heavy atom. The largest absolute Gasteiger partial charge is 0.453 e. The van der Waals surface area contributed by atoms with Gasteiger partial charge < -0.3 is 4.42 Å². The molecule has 0 spiro atoms. The van der Waals surface area contributed by atoms with Gasteiger partial charge in [0.1, 0.15) is 5.58 Å². The minimum absolute atomic E-state index is 0.0750. The van der Waals surface area contributed by atoms with Gasteiger partial charge in [-0.2, -0.15) is 11.8 Å². The van der Waals surface area contributed by atoms with Crippen molar-refractivity contribution in [3.8, 4) is 0 Å². The van der Waals surface area contributed by atoms with Gasteiger partial charge in [0.25, 0.3) is 0 Å². The van der Waals surface area contributed by atoms with Crippen molar-refractivity contribution in [2.75, 3.05) is 5.75 Å². The maximum atomic E-state index is 12.2. The van der Waals surface area contributed by atoms with Gasteiger partial charge in [-0.15, -0.1) is 0 Å². The molecular weight excluding hydrogens is 256 g/mol. The fourth-order valence-electron chi connectivity index (χ4n) is 2.08. The Hall–Kier alpha value is -0.930. The fourth-order valence-corrected chi connectivity index (χ4v) is 3.48. The first kappa shape index (κ1) is 11.2. The van der Waals surface area contributed by atoms with Crippen LogP contribution < -0.4 is 0 Å². The van der Waals surface area contributed by atoms with Gasteiger partial charge in [-0.3, -0.25) is 4.79 Å².